The number of nitrogens with two attached hydrogens (primary N) is 1. The van der Waals surface area contributed by atoms with Crippen LogP contribution in [0.25, 0.3) is 11.3 Å². The Bertz CT molecular complexity index is 543. The van der Waals surface area contributed by atoms with Crippen LogP contribution in [-0.2, 0) is 6.30 Å². The maximum Gasteiger partial charge on any atom is 0.504 e. The van der Waals surface area contributed by atoms with Crippen LogP contribution in [-0.4, -0.2) is 9.78 Å². The lowest BCUT2D eigenvalue weighted by Crippen LogP contribution is -2.17. The Balaban J connectivity index is 2.47. The van der Waals surface area contributed by atoms with Gasteiger partial charge in [0, 0.05) is 17.4 Å². The van der Waals surface area contributed by atoms with Gasteiger partial charge in [-0.2, -0.15) is 9.78 Å². The first-order chi connectivity index (χ1) is 7.88. The fourth-order valence-corrected chi connectivity index (χ4v) is 1.52. The third kappa shape index (κ3) is 2.25. The lowest BCUT2D eigenvalue weighted by atomic mass is 10.1. The number of alkyl halides is 3. The zero-order valence-electron chi connectivity index (χ0n) is 8.99. The molecule has 0 bridgehead atoms. The Labute approximate surface area is 95.7 Å². The summed E-state index contributed by atoms with van der Waals surface area (Å²) >= 11 is 0. The highest BCUT2D eigenvalue weighted by molar-refractivity contribution is 5.67. The molecule has 1 heterocycles. The zero-order valence-corrected chi connectivity index (χ0v) is 8.99. The standard InChI is InChI=1S/C11H10F3N3/c1-7-2-3-8(15)6-9(7)10-4-5-17(16-10)11(12,13)14/h2-6H,15H2,1H3. The second kappa shape index (κ2) is 3.80. The molecule has 3 nitrogen and oxygen atoms in total. The second-order valence-electron chi connectivity index (χ2n) is 3.69. The maximum atomic E-state index is 12.4. The summed E-state index contributed by atoms with van der Waals surface area (Å²) in [4.78, 5) is 0. The van der Waals surface area contributed by atoms with E-state index in [-0.39, 0.29) is 10.4 Å². The summed E-state index contributed by atoms with van der Waals surface area (Å²) in [7, 11) is 0. The molecule has 0 atom stereocenters. The number of hydrogen-bond acceptors (Lipinski definition) is 2. The third-order valence-electron chi connectivity index (χ3n) is 2.39. The molecule has 17 heavy (non-hydrogen) atoms. The van der Waals surface area contributed by atoms with Gasteiger partial charge in [-0.3, -0.25) is 0 Å². The summed E-state index contributed by atoms with van der Waals surface area (Å²) in [5, 5.41) is 3.49. The smallest absolute Gasteiger partial charge is 0.399 e. The number of aryl methyl sites for hydroxylation is 1. The molecule has 90 valence electrons. The Hall–Kier alpha value is -1.98. The van der Waals surface area contributed by atoms with Gasteiger partial charge < -0.3 is 5.73 Å². The molecule has 2 N–H and O–H groups in total. The first kappa shape index (κ1) is 11.5. The first-order valence-electron chi connectivity index (χ1n) is 4.87. The quantitative estimate of drug-likeness (QED) is 0.780. The lowest BCUT2D eigenvalue weighted by Gasteiger charge is -2.06. The molecule has 0 aliphatic carbocycles. The average molecular weight is 241 g/mol. The van der Waals surface area contributed by atoms with Crippen LogP contribution < -0.4 is 5.73 Å². The van der Waals surface area contributed by atoms with Crippen LogP contribution in [0.15, 0.2) is 30.5 Å². The Morgan fingerprint density at radius 3 is 2.53 bits per heavy atom. The molecular weight excluding hydrogens is 231 g/mol. The van der Waals surface area contributed by atoms with Gasteiger partial charge in [-0.25, -0.2) is 0 Å². The molecule has 1 aromatic carbocycles. The van der Waals surface area contributed by atoms with Crippen LogP contribution >= 0.6 is 0 Å². The van der Waals surface area contributed by atoms with E-state index in [4.69, 9.17) is 5.73 Å². The molecule has 0 unspecified atom stereocenters. The van der Waals surface area contributed by atoms with Crippen molar-refractivity contribution < 1.29 is 13.2 Å². The van der Waals surface area contributed by atoms with Gasteiger partial charge in [0.15, 0.2) is 0 Å². The van der Waals surface area contributed by atoms with E-state index in [9.17, 15) is 13.2 Å². The first-order valence-corrected chi connectivity index (χ1v) is 4.87. The summed E-state index contributed by atoms with van der Waals surface area (Å²) in [5.41, 5.74) is 7.78. The van der Waals surface area contributed by atoms with Gasteiger partial charge in [-0.1, -0.05) is 6.07 Å². The summed E-state index contributed by atoms with van der Waals surface area (Å²) in [5.74, 6) is 0. The largest absolute Gasteiger partial charge is 0.504 e. The summed E-state index contributed by atoms with van der Waals surface area (Å²) in [6.45, 7) is 1.79. The van der Waals surface area contributed by atoms with Crippen molar-refractivity contribution in [3.05, 3.63) is 36.0 Å². The fraction of sp³-hybridized carbons (Fsp3) is 0.182. The van der Waals surface area contributed by atoms with Gasteiger partial charge in [0.1, 0.15) is 0 Å². The number of hydrogen-bond donors (Lipinski definition) is 1. The monoisotopic (exact) mass is 241 g/mol. The second-order valence-corrected chi connectivity index (χ2v) is 3.69. The maximum absolute atomic E-state index is 12.4. The number of halogens is 3. The zero-order chi connectivity index (χ0) is 12.6. The molecule has 0 fully saturated rings. The van der Waals surface area contributed by atoms with Gasteiger partial charge in [-0.15, -0.1) is 13.2 Å². The van der Waals surface area contributed by atoms with Crippen molar-refractivity contribution in [3.8, 4) is 11.3 Å². The van der Waals surface area contributed by atoms with Crippen LogP contribution in [0.4, 0.5) is 18.9 Å². The molecule has 0 spiro atoms. The van der Waals surface area contributed by atoms with Crippen molar-refractivity contribution in [2.45, 2.75) is 13.2 Å². The van der Waals surface area contributed by atoms with E-state index in [0.717, 1.165) is 11.8 Å². The van der Waals surface area contributed by atoms with Crippen LogP contribution in [0, 0.1) is 6.92 Å². The van der Waals surface area contributed by atoms with Gasteiger partial charge >= 0.3 is 6.30 Å². The predicted molar refractivity (Wildman–Crippen MR) is 58.1 cm³/mol. The molecule has 0 saturated heterocycles. The minimum Gasteiger partial charge on any atom is -0.399 e. The Kier molecular flexibility index (Phi) is 2.57. The molecule has 0 saturated carbocycles. The van der Waals surface area contributed by atoms with Crippen LogP contribution in [0.3, 0.4) is 0 Å². The van der Waals surface area contributed by atoms with Gasteiger partial charge in [-0.05, 0) is 30.7 Å². The van der Waals surface area contributed by atoms with E-state index >= 15 is 0 Å². The topological polar surface area (TPSA) is 43.8 Å². The molecule has 2 aromatic rings. The summed E-state index contributed by atoms with van der Waals surface area (Å²) in [6.07, 6.45) is -3.61. The number of anilines is 1. The van der Waals surface area contributed by atoms with Crippen LogP contribution in [0.1, 0.15) is 5.56 Å². The van der Waals surface area contributed by atoms with E-state index in [2.05, 4.69) is 5.10 Å². The van der Waals surface area contributed by atoms with E-state index in [1.165, 1.54) is 6.07 Å². The number of rotatable bonds is 1. The van der Waals surface area contributed by atoms with E-state index in [1.54, 1.807) is 25.1 Å². The Morgan fingerprint density at radius 1 is 1.24 bits per heavy atom. The normalized spacial score (nSPS) is 11.8. The number of nitrogen functional groups attached to an aromatic ring is 1. The Morgan fingerprint density at radius 2 is 1.94 bits per heavy atom. The molecule has 0 aliphatic heterocycles. The van der Waals surface area contributed by atoms with Gasteiger partial charge in [0.05, 0.1) is 5.69 Å². The SMILES string of the molecule is Cc1ccc(N)cc1-c1ccn(C(F)(F)F)n1. The summed E-state index contributed by atoms with van der Waals surface area (Å²) in [6, 6.07) is 6.37. The van der Waals surface area contributed by atoms with E-state index < -0.39 is 6.30 Å². The van der Waals surface area contributed by atoms with Gasteiger partial charge in [0.25, 0.3) is 0 Å². The molecule has 1 aromatic heterocycles. The molecule has 6 heteroatoms. The fourth-order valence-electron chi connectivity index (χ4n) is 1.52. The number of aromatic nitrogens is 2. The van der Waals surface area contributed by atoms with Crippen molar-refractivity contribution in [1.82, 2.24) is 9.78 Å². The molecule has 0 aliphatic rings. The van der Waals surface area contributed by atoms with Crippen molar-refractivity contribution in [2.75, 3.05) is 5.73 Å². The highest BCUT2D eigenvalue weighted by Crippen LogP contribution is 2.27. The molecule has 0 amide bonds. The van der Waals surface area contributed by atoms with Crippen molar-refractivity contribution in [1.29, 1.82) is 0 Å². The highest BCUT2D eigenvalue weighted by Gasteiger charge is 2.31. The lowest BCUT2D eigenvalue weighted by molar-refractivity contribution is -0.212. The van der Waals surface area contributed by atoms with Crippen LogP contribution in [0.2, 0.25) is 0 Å². The van der Waals surface area contributed by atoms with Crippen molar-refractivity contribution >= 4 is 5.69 Å². The minimum atomic E-state index is -4.49. The van der Waals surface area contributed by atoms with E-state index in [0.29, 0.717) is 11.3 Å². The van der Waals surface area contributed by atoms with Crippen LogP contribution in [0.5, 0.6) is 0 Å². The number of nitrogens with zero attached hydrogens (tertiary/aromatic N) is 2. The summed E-state index contributed by atoms with van der Waals surface area (Å²) < 4.78 is 37.1. The predicted octanol–water partition coefficient (Wildman–Crippen LogP) is 2.92. The van der Waals surface area contributed by atoms with E-state index in [1.807, 2.05) is 0 Å². The highest BCUT2D eigenvalue weighted by atomic mass is 19.4. The van der Waals surface area contributed by atoms with Gasteiger partial charge in [0.2, 0.25) is 0 Å². The minimum absolute atomic E-state index is 0.0229. The number of benzene rings is 1. The van der Waals surface area contributed by atoms with Crippen molar-refractivity contribution in [2.24, 2.45) is 0 Å². The van der Waals surface area contributed by atoms with Crippen molar-refractivity contribution in [3.63, 3.8) is 0 Å². The molecule has 2 rings (SSSR count). The average Bonchev–Trinajstić information content (AvgIpc) is 2.70. The molecular formula is C11H10F3N3. The third-order valence-corrected chi connectivity index (χ3v) is 2.39. The molecule has 0 radical (unpaired) electrons.